The fourth-order valence-electron chi connectivity index (χ4n) is 3.07. The van der Waals surface area contributed by atoms with E-state index in [1.54, 1.807) is 6.33 Å². The van der Waals surface area contributed by atoms with Gasteiger partial charge in [0.25, 0.3) is 0 Å². The van der Waals surface area contributed by atoms with Gasteiger partial charge in [-0.2, -0.15) is 0 Å². The molecule has 3 rings (SSSR count). The first-order valence-electron chi connectivity index (χ1n) is 9.08. The third-order valence-electron chi connectivity index (χ3n) is 4.54. The Morgan fingerprint density at radius 3 is 2.42 bits per heavy atom. The molecule has 6 nitrogen and oxygen atoms in total. The molecule has 0 unspecified atom stereocenters. The van der Waals surface area contributed by atoms with E-state index in [0.717, 1.165) is 63.0 Å². The number of hydrogen-bond acceptors (Lipinski definition) is 6. The maximum Gasteiger partial charge on any atom is 0.134 e. The molecule has 1 saturated heterocycles. The zero-order valence-electron chi connectivity index (χ0n) is 15.5. The Bertz CT molecular complexity index is 683. The van der Waals surface area contributed by atoms with Gasteiger partial charge in [-0.25, -0.2) is 14.4 Å². The first-order chi connectivity index (χ1) is 12.6. The lowest BCUT2D eigenvalue weighted by atomic mass is 10.2. The van der Waals surface area contributed by atoms with Crippen LogP contribution in [0.4, 0.5) is 21.7 Å². The van der Waals surface area contributed by atoms with Crippen molar-refractivity contribution in [1.82, 2.24) is 14.9 Å². The van der Waals surface area contributed by atoms with Crippen LogP contribution in [0.5, 0.6) is 0 Å². The third-order valence-corrected chi connectivity index (χ3v) is 4.54. The number of nitrogens with one attached hydrogen (secondary N) is 1. The second-order valence-corrected chi connectivity index (χ2v) is 6.80. The largest absolute Gasteiger partial charge is 0.370 e. The van der Waals surface area contributed by atoms with Gasteiger partial charge >= 0.3 is 0 Å². The molecule has 2 aromatic rings. The smallest absolute Gasteiger partial charge is 0.134 e. The standard InChI is InChI=1S/C19H27FN6/c1-24(2)9-3-8-21-18-14-19(23-15-22-18)26-12-10-25(11-13-26)17-6-4-16(20)5-7-17/h4-7,14-15H,3,8-13H2,1-2H3,(H,21,22,23). The summed E-state index contributed by atoms with van der Waals surface area (Å²) in [7, 11) is 4.16. The summed E-state index contributed by atoms with van der Waals surface area (Å²) < 4.78 is 13.1. The predicted molar refractivity (Wildman–Crippen MR) is 105 cm³/mol. The van der Waals surface area contributed by atoms with Crippen molar-refractivity contribution in [3.8, 4) is 0 Å². The molecule has 0 spiro atoms. The Morgan fingerprint density at radius 1 is 1.04 bits per heavy atom. The zero-order valence-corrected chi connectivity index (χ0v) is 15.5. The highest BCUT2D eigenvalue weighted by molar-refractivity contribution is 5.52. The van der Waals surface area contributed by atoms with Crippen molar-refractivity contribution in [2.45, 2.75) is 6.42 Å². The molecule has 0 amide bonds. The molecule has 1 fully saturated rings. The van der Waals surface area contributed by atoms with Crippen molar-refractivity contribution in [1.29, 1.82) is 0 Å². The molecule has 1 aromatic heterocycles. The molecular weight excluding hydrogens is 331 g/mol. The van der Waals surface area contributed by atoms with E-state index in [9.17, 15) is 4.39 Å². The Balaban J connectivity index is 1.52. The van der Waals surface area contributed by atoms with Gasteiger partial charge in [0, 0.05) is 44.5 Å². The molecule has 7 heteroatoms. The van der Waals surface area contributed by atoms with Crippen LogP contribution in [-0.2, 0) is 0 Å². The van der Waals surface area contributed by atoms with Crippen molar-refractivity contribution in [2.75, 3.05) is 68.5 Å². The van der Waals surface area contributed by atoms with Crippen molar-refractivity contribution in [3.63, 3.8) is 0 Å². The summed E-state index contributed by atoms with van der Waals surface area (Å²) in [6, 6.07) is 8.72. The van der Waals surface area contributed by atoms with Crippen molar-refractivity contribution >= 4 is 17.3 Å². The van der Waals surface area contributed by atoms with E-state index in [4.69, 9.17) is 0 Å². The average molecular weight is 358 g/mol. The molecule has 1 aliphatic heterocycles. The van der Waals surface area contributed by atoms with Crippen LogP contribution in [-0.4, -0.2) is 68.2 Å². The Hall–Kier alpha value is -2.41. The van der Waals surface area contributed by atoms with Gasteiger partial charge in [-0.1, -0.05) is 0 Å². The van der Waals surface area contributed by atoms with Crippen molar-refractivity contribution in [3.05, 3.63) is 42.5 Å². The fraction of sp³-hybridized carbons (Fsp3) is 0.474. The predicted octanol–water partition coefficient (Wildman–Crippen LogP) is 2.31. The van der Waals surface area contributed by atoms with E-state index in [0.29, 0.717) is 0 Å². The van der Waals surface area contributed by atoms with E-state index < -0.39 is 0 Å². The molecule has 26 heavy (non-hydrogen) atoms. The van der Waals surface area contributed by atoms with Crippen LogP contribution in [0.1, 0.15) is 6.42 Å². The second-order valence-electron chi connectivity index (χ2n) is 6.80. The maximum absolute atomic E-state index is 13.1. The van der Waals surface area contributed by atoms with E-state index in [2.05, 4.69) is 44.1 Å². The number of hydrogen-bond donors (Lipinski definition) is 1. The Morgan fingerprint density at radius 2 is 1.73 bits per heavy atom. The van der Waals surface area contributed by atoms with Crippen LogP contribution >= 0.6 is 0 Å². The van der Waals surface area contributed by atoms with E-state index in [-0.39, 0.29) is 5.82 Å². The number of benzene rings is 1. The molecule has 0 atom stereocenters. The molecule has 0 aliphatic carbocycles. The van der Waals surface area contributed by atoms with Crippen molar-refractivity contribution in [2.24, 2.45) is 0 Å². The lowest BCUT2D eigenvalue weighted by molar-refractivity contribution is 0.405. The highest BCUT2D eigenvalue weighted by Gasteiger charge is 2.18. The molecule has 140 valence electrons. The minimum atomic E-state index is -0.195. The number of nitrogens with zero attached hydrogens (tertiary/aromatic N) is 5. The lowest BCUT2D eigenvalue weighted by Crippen LogP contribution is -2.46. The molecule has 0 radical (unpaired) electrons. The van der Waals surface area contributed by atoms with Crippen LogP contribution in [0.2, 0.25) is 0 Å². The molecule has 0 saturated carbocycles. The van der Waals surface area contributed by atoms with E-state index in [1.807, 2.05) is 18.2 Å². The topological polar surface area (TPSA) is 47.5 Å². The van der Waals surface area contributed by atoms with Crippen LogP contribution < -0.4 is 15.1 Å². The van der Waals surface area contributed by atoms with Gasteiger partial charge in [0.15, 0.2) is 0 Å². The monoisotopic (exact) mass is 358 g/mol. The van der Waals surface area contributed by atoms with Gasteiger partial charge in [0.2, 0.25) is 0 Å². The molecule has 1 aliphatic rings. The summed E-state index contributed by atoms with van der Waals surface area (Å²) in [5.74, 6) is 1.63. The maximum atomic E-state index is 13.1. The summed E-state index contributed by atoms with van der Waals surface area (Å²) in [5, 5.41) is 3.37. The van der Waals surface area contributed by atoms with E-state index >= 15 is 0 Å². The van der Waals surface area contributed by atoms with Crippen LogP contribution in [0, 0.1) is 5.82 Å². The quantitative estimate of drug-likeness (QED) is 0.767. The molecular formula is C19H27FN6. The highest BCUT2D eigenvalue weighted by atomic mass is 19.1. The van der Waals surface area contributed by atoms with Gasteiger partial charge < -0.3 is 20.0 Å². The van der Waals surface area contributed by atoms with Gasteiger partial charge in [-0.3, -0.25) is 0 Å². The average Bonchev–Trinajstić information content (AvgIpc) is 2.66. The Labute approximate surface area is 154 Å². The number of halogens is 1. The van der Waals surface area contributed by atoms with Crippen molar-refractivity contribution < 1.29 is 4.39 Å². The third kappa shape index (κ3) is 5.05. The van der Waals surface area contributed by atoms with Gasteiger partial charge in [-0.05, 0) is 51.3 Å². The first kappa shape index (κ1) is 18.4. The lowest BCUT2D eigenvalue weighted by Gasteiger charge is -2.36. The summed E-state index contributed by atoms with van der Waals surface area (Å²) in [5.41, 5.74) is 1.07. The minimum absolute atomic E-state index is 0.195. The van der Waals surface area contributed by atoms with Gasteiger partial charge in [0.1, 0.15) is 23.8 Å². The molecule has 1 N–H and O–H groups in total. The summed E-state index contributed by atoms with van der Waals surface area (Å²) in [6.07, 6.45) is 2.69. The number of piperazine rings is 1. The zero-order chi connectivity index (χ0) is 18.4. The molecule has 1 aromatic carbocycles. The fourth-order valence-corrected chi connectivity index (χ4v) is 3.07. The number of anilines is 3. The van der Waals surface area contributed by atoms with Crippen LogP contribution in [0.15, 0.2) is 36.7 Å². The number of aromatic nitrogens is 2. The highest BCUT2D eigenvalue weighted by Crippen LogP contribution is 2.20. The van der Waals surface area contributed by atoms with Gasteiger partial charge in [-0.15, -0.1) is 0 Å². The summed E-state index contributed by atoms with van der Waals surface area (Å²) >= 11 is 0. The van der Waals surface area contributed by atoms with Crippen LogP contribution in [0.3, 0.4) is 0 Å². The van der Waals surface area contributed by atoms with E-state index in [1.165, 1.54) is 12.1 Å². The molecule has 0 bridgehead atoms. The SMILES string of the molecule is CN(C)CCCNc1cc(N2CCN(c3ccc(F)cc3)CC2)ncn1. The number of rotatable bonds is 7. The summed E-state index contributed by atoms with van der Waals surface area (Å²) in [6.45, 7) is 5.49. The summed E-state index contributed by atoms with van der Waals surface area (Å²) in [4.78, 5) is 15.5. The second kappa shape index (κ2) is 8.80. The minimum Gasteiger partial charge on any atom is -0.370 e. The normalized spacial score (nSPS) is 14.8. The van der Waals surface area contributed by atoms with Gasteiger partial charge in [0.05, 0.1) is 0 Å². The molecule has 2 heterocycles. The Kier molecular flexibility index (Phi) is 6.22. The first-order valence-corrected chi connectivity index (χ1v) is 9.08. The van der Waals surface area contributed by atoms with Crippen LogP contribution in [0.25, 0.3) is 0 Å².